The fourth-order valence-electron chi connectivity index (χ4n) is 3.85. The molecule has 2 aromatic carbocycles. The van der Waals surface area contributed by atoms with Crippen molar-refractivity contribution in [3.05, 3.63) is 74.4 Å². The van der Waals surface area contributed by atoms with Crippen molar-refractivity contribution in [1.29, 1.82) is 0 Å². The van der Waals surface area contributed by atoms with Gasteiger partial charge in [0.15, 0.2) is 5.82 Å². The SMILES string of the molecule is Cc1cc(NC(=O)c2cc(S(=O)(=O)N3CCCCC3)c(Cl)cc2Cl)nn1Cc1ccccc1Cl. The number of halogens is 3. The molecule has 0 atom stereocenters. The smallest absolute Gasteiger partial charge is 0.258 e. The van der Waals surface area contributed by atoms with Gasteiger partial charge < -0.3 is 5.32 Å². The first-order valence-electron chi connectivity index (χ1n) is 10.7. The van der Waals surface area contributed by atoms with Crippen molar-refractivity contribution in [2.75, 3.05) is 18.4 Å². The van der Waals surface area contributed by atoms with E-state index in [9.17, 15) is 13.2 Å². The number of aryl methyl sites for hydroxylation is 1. The topological polar surface area (TPSA) is 84.3 Å². The molecule has 0 spiro atoms. The molecule has 0 bridgehead atoms. The summed E-state index contributed by atoms with van der Waals surface area (Å²) in [7, 11) is -3.85. The zero-order chi connectivity index (χ0) is 24.5. The Kier molecular flexibility index (Phi) is 7.54. The Morgan fingerprint density at radius 2 is 1.71 bits per heavy atom. The van der Waals surface area contributed by atoms with Crippen LogP contribution in [0, 0.1) is 6.92 Å². The van der Waals surface area contributed by atoms with E-state index < -0.39 is 15.9 Å². The third-order valence-corrected chi connectivity index (χ3v) is 8.74. The van der Waals surface area contributed by atoms with E-state index >= 15 is 0 Å². The fourth-order valence-corrected chi connectivity index (χ4v) is 6.39. The molecule has 0 unspecified atom stereocenters. The molecule has 3 aromatic rings. The lowest BCUT2D eigenvalue weighted by Crippen LogP contribution is -2.35. The Hall–Kier alpha value is -2.10. The molecule has 11 heteroatoms. The molecular formula is C23H23Cl3N4O3S. The van der Waals surface area contributed by atoms with E-state index in [2.05, 4.69) is 10.4 Å². The highest BCUT2D eigenvalue weighted by molar-refractivity contribution is 7.89. The summed E-state index contributed by atoms with van der Waals surface area (Å²) in [5.41, 5.74) is 1.70. The Morgan fingerprint density at radius 3 is 2.41 bits per heavy atom. The van der Waals surface area contributed by atoms with Crippen LogP contribution >= 0.6 is 34.8 Å². The van der Waals surface area contributed by atoms with Crippen LogP contribution < -0.4 is 5.32 Å². The maximum atomic E-state index is 13.1. The zero-order valence-corrected chi connectivity index (χ0v) is 21.5. The number of hydrogen-bond donors (Lipinski definition) is 1. The quantitative estimate of drug-likeness (QED) is 0.438. The van der Waals surface area contributed by atoms with Crippen LogP contribution in [0.1, 0.15) is 40.9 Å². The number of carbonyl (C=O) groups excluding carboxylic acids is 1. The maximum absolute atomic E-state index is 13.1. The van der Waals surface area contributed by atoms with E-state index in [-0.39, 0.29) is 20.5 Å². The van der Waals surface area contributed by atoms with E-state index in [0.717, 1.165) is 30.5 Å². The molecule has 1 amide bonds. The number of rotatable bonds is 6. The van der Waals surface area contributed by atoms with Crippen LogP contribution in [-0.4, -0.2) is 41.5 Å². The zero-order valence-electron chi connectivity index (χ0n) is 18.4. The largest absolute Gasteiger partial charge is 0.305 e. The van der Waals surface area contributed by atoms with Crippen molar-refractivity contribution in [3.8, 4) is 0 Å². The Labute approximate surface area is 213 Å². The van der Waals surface area contributed by atoms with Crippen molar-refractivity contribution < 1.29 is 13.2 Å². The van der Waals surface area contributed by atoms with Crippen LogP contribution in [0.4, 0.5) is 5.82 Å². The van der Waals surface area contributed by atoms with Crippen LogP contribution in [-0.2, 0) is 16.6 Å². The minimum atomic E-state index is -3.85. The summed E-state index contributed by atoms with van der Waals surface area (Å²) in [5, 5.41) is 7.78. The number of benzene rings is 2. The molecule has 1 fully saturated rings. The summed E-state index contributed by atoms with van der Waals surface area (Å²) in [5.74, 6) is -0.278. The van der Waals surface area contributed by atoms with Crippen molar-refractivity contribution >= 4 is 56.6 Å². The Bertz CT molecular complexity index is 1340. The maximum Gasteiger partial charge on any atom is 0.258 e. The van der Waals surface area contributed by atoms with Crippen LogP contribution in [0.15, 0.2) is 47.4 Å². The highest BCUT2D eigenvalue weighted by Gasteiger charge is 2.30. The van der Waals surface area contributed by atoms with Gasteiger partial charge in [-0.05, 0) is 43.5 Å². The summed E-state index contributed by atoms with van der Waals surface area (Å²) < 4.78 is 29.4. The first kappa shape index (κ1) is 25.0. The summed E-state index contributed by atoms with van der Waals surface area (Å²) in [6.07, 6.45) is 2.55. The van der Waals surface area contributed by atoms with E-state index in [1.54, 1.807) is 16.8 Å². The van der Waals surface area contributed by atoms with Gasteiger partial charge in [-0.1, -0.05) is 59.4 Å². The first-order valence-corrected chi connectivity index (χ1v) is 13.3. The van der Waals surface area contributed by atoms with Crippen molar-refractivity contribution in [2.45, 2.75) is 37.6 Å². The van der Waals surface area contributed by atoms with Gasteiger partial charge in [0.05, 0.1) is 22.2 Å². The minimum Gasteiger partial charge on any atom is -0.305 e. The lowest BCUT2D eigenvalue weighted by Gasteiger charge is -2.26. The van der Waals surface area contributed by atoms with Crippen molar-refractivity contribution in [2.24, 2.45) is 0 Å². The predicted octanol–water partition coefficient (Wildman–Crippen LogP) is 5.63. The number of anilines is 1. The standard InChI is InChI=1S/C23H23Cl3N4O3S/c1-15-11-22(28-30(15)14-16-7-3-4-8-18(16)24)27-23(31)17-12-21(20(26)13-19(17)25)34(32,33)29-9-5-2-6-10-29/h3-4,7-8,11-13H,2,5-6,9-10,14H2,1H3,(H,27,28,31). The van der Waals surface area contributed by atoms with Crippen LogP contribution in [0.5, 0.6) is 0 Å². The van der Waals surface area contributed by atoms with Gasteiger partial charge in [0.1, 0.15) is 4.90 Å². The van der Waals surface area contributed by atoms with Gasteiger partial charge in [0.2, 0.25) is 10.0 Å². The molecule has 4 rings (SSSR count). The molecule has 180 valence electrons. The molecule has 1 aliphatic rings. The monoisotopic (exact) mass is 540 g/mol. The molecule has 0 radical (unpaired) electrons. The van der Waals surface area contributed by atoms with E-state index in [4.69, 9.17) is 34.8 Å². The molecule has 0 aliphatic carbocycles. The molecule has 1 saturated heterocycles. The third-order valence-electron chi connectivity index (χ3n) is 5.70. The van der Waals surface area contributed by atoms with E-state index in [1.165, 1.54) is 16.4 Å². The van der Waals surface area contributed by atoms with E-state index in [0.29, 0.717) is 30.5 Å². The van der Waals surface area contributed by atoms with Gasteiger partial charge >= 0.3 is 0 Å². The molecule has 0 saturated carbocycles. The molecular weight excluding hydrogens is 519 g/mol. The van der Waals surface area contributed by atoms with Gasteiger partial charge in [0, 0.05) is 29.9 Å². The second-order valence-corrected chi connectivity index (χ2v) is 11.2. The summed E-state index contributed by atoms with van der Waals surface area (Å²) in [6.45, 7) is 3.13. The number of nitrogens with zero attached hydrogens (tertiary/aromatic N) is 3. The number of carbonyl (C=O) groups is 1. The number of sulfonamides is 1. The average molecular weight is 542 g/mol. The average Bonchev–Trinajstić information content (AvgIpc) is 3.14. The van der Waals surface area contributed by atoms with Crippen LogP contribution in [0.25, 0.3) is 0 Å². The van der Waals surface area contributed by atoms with Gasteiger partial charge in [0.25, 0.3) is 5.91 Å². The van der Waals surface area contributed by atoms with Gasteiger partial charge in [-0.25, -0.2) is 8.42 Å². The molecule has 1 N–H and O–H groups in total. The van der Waals surface area contributed by atoms with Crippen LogP contribution in [0.3, 0.4) is 0 Å². The summed E-state index contributed by atoms with van der Waals surface area (Å²) in [4.78, 5) is 12.9. The van der Waals surface area contributed by atoms with Gasteiger partial charge in [-0.2, -0.15) is 9.40 Å². The Morgan fingerprint density at radius 1 is 1.00 bits per heavy atom. The Balaban J connectivity index is 1.58. The second kappa shape index (κ2) is 10.3. The fraction of sp³-hybridized carbons (Fsp3) is 0.304. The number of nitrogens with one attached hydrogen (secondary N) is 1. The first-order chi connectivity index (χ1) is 16.2. The summed E-state index contributed by atoms with van der Waals surface area (Å²) in [6, 6.07) is 11.7. The van der Waals surface area contributed by atoms with Crippen LogP contribution in [0.2, 0.25) is 15.1 Å². The number of piperidine rings is 1. The normalized spacial score (nSPS) is 14.8. The summed E-state index contributed by atoms with van der Waals surface area (Å²) >= 11 is 18.7. The van der Waals surface area contributed by atoms with Crippen molar-refractivity contribution in [3.63, 3.8) is 0 Å². The van der Waals surface area contributed by atoms with Gasteiger partial charge in [-0.3, -0.25) is 9.48 Å². The molecule has 1 aromatic heterocycles. The van der Waals surface area contributed by atoms with E-state index in [1.807, 2.05) is 25.1 Å². The lowest BCUT2D eigenvalue weighted by molar-refractivity contribution is 0.102. The highest BCUT2D eigenvalue weighted by Crippen LogP contribution is 2.32. The molecule has 1 aliphatic heterocycles. The predicted molar refractivity (Wildman–Crippen MR) is 135 cm³/mol. The number of aromatic nitrogens is 2. The third kappa shape index (κ3) is 5.26. The minimum absolute atomic E-state index is 0.0000389. The van der Waals surface area contributed by atoms with Gasteiger partial charge in [-0.15, -0.1) is 0 Å². The molecule has 2 heterocycles. The molecule has 34 heavy (non-hydrogen) atoms. The lowest BCUT2D eigenvalue weighted by atomic mass is 10.2. The number of hydrogen-bond acceptors (Lipinski definition) is 4. The highest BCUT2D eigenvalue weighted by atomic mass is 35.5. The number of amides is 1. The second-order valence-electron chi connectivity index (χ2n) is 8.10. The van der Waals surface area contributed by atoms with Crippen molar-refractivity contribution in [1.82, 2.24) is 14.1 Å². The molecule has 7 nitrogen and oxygen atoms in total.